The van der Waals surface area contributed by atoms with E-state index in [1.54, 1.807) is 19.2 Å². The number of hydrogen-bond acceptors (Lipinski definition) is 5. The molecule has 2 rings (SSSR count). The number of rotatable bonds is 4. The molecule has 0 aliphatic carbocycles. The van der Waals surface area contributed by atoms with Crippen molar-refractivity contribution < 1.29 is 8.42 Å². The van der Waals surface area contributed by atoms with Crippen molar-refractivity contribution in [3.8, 4) is 0 Å². The van der Waals surface area contributed by atoms with Crippen LogP contribution in [0.5, 0.6) is 0 Å². The van der Waals surface area contributed by atoms with E-state index in [1.807, 2.05) is 0 Å². The van der Waals surface area contributed by atoms with Crippen molar-refractivity contribution in [3.05, 3.63) is 40.1 Å². The Morgan fingerprint density at radius 2 is 1.90 bits per heavy atom. The molecule has 9 heteroatoms. The van der Waals surface area contributed by atoms with Crippen molar-refractivity contribution in [3.63, 3.8) is 0 Å². The fourth-order valence-corrected chi connectivity index (χ4v) is 2.97. The highest BCUT2D eigenvalue weighted by Gasteiger charge is 2.17. The van der Waals surface area contributed by atoms with E-state index in [2.05, 4.69) is 35.9 Å². The fourth-order valence-electron chi connectivity index (χ4n) is 1.36. The molecule has 2 N–H and O–H groups in total. The van der Waals surface area contributed by atoms with Crippen molar-refractivity contribution >= 4 is 49.2 Å². The lowest BCUT2D eigenvalue weighted by atomic mass is 10.3. The number of halogens is 2. The summed E-state index contributed by atoms with van der Waals surface area (Å²) in [5.41, 5.74) is 0.343. The molecule has 1 heterocycles. The smallest absolute Gasteiger partial charge is 0.265 e. The molecule has 0 bridgehead atoms. The van der Waals surface area contributed by atoms with Crippen LogP contribution in [0.25, 0.3) is 0 Å². The van der Waals surface area contributed by atoms with Gasteiger partial charge in [-0.3, -0.25) is 4.72 Å². The number of benzene rings is 1. The first kappa shape index (κ1) is 15.0. The van der Waals surface area contributed by atoms with Crippen molar-refractivity contribution in [2.24, 2.45) is 0 Å². The van der Waals surface area contributed by atoms with E-state index in [0.29, 0.717) is 21.1 Å². The number of aromatic nitrogens is 2. The number of anilines is 2. The first-order chi connectivity index (χ1) is 9.42. The summed E-state index contributed by atoms with van der Waals surface area (Å²) < 4.78 is 27.4. The zero-order chi connectivity index (χ0) is 14.8. The molecule has 2 aromatic rings. The minimum absolute atomic E-state index is 0.0385. The topological polar surface area (TPSA) is 84.0 Å². The summed E-state index contributed by atoms with van der Waals surface area (Å²) in [5, 5.41) is 3.13. The number of hydrogen-bond donors (Lipinski definition) is 2. The molecule has 1 aromatic carbocycles. The Balaban J connectivity index is 2.32. The van der Waals surface area contributed by atoms with Crippen molar-refractivity contribution in [1.82, 2.24) is 9.97 Å². The predicted octanol–water partition coefficient (Wildman–Crippen LogP) is 2.74. The number of sulfonamides is 1. The van der Waals surface area contributed by atoms with Gasteiger partial charge in [0.2, 0.25) is 5.95 Å². The zero-order valence-corrected chi connectivity index (χ0v) is 13.4. The van der Waals surface area contributed by atoms with Gasteiger partial charge in [0.25, 0.3) is 10.0 Å². The van der Waals surface area contributed by atoms with Gasteiger partial charge < -0.3 is 5.32 Å². The van der Waals surface area contributed by atoms with Gasteiger partial charge in [-0.2, -0.15) is 0 Å². The molecule has 0 amide bonds. The summed E-state index contributed by atoms with van der Waals surface area (Å²) in [6, 6.07) is 4.81. The molecule has 0 fully saturated rings. The first-order valence-corrected chi connectivity index (χ1v) is 8.05. The second-order valence-electron chi connectivity index (χ2n) is 3.72. The Morgan fingerprint density at radius 3 is 2.50 bits per heavy atom. The van der Waals surface area contributed by atoms with Crippen molar-refractivity contribution in [2.45, 2.75) is 4.90 Å². The van der Waals surface area contributed by atoms with E-state index in [0.717, 1.165) is 0 Å². The highest BCUT2D eigenvalue weighted by Crippen LogP contribution is 2.27. The fraction of sp³-hybridized carbons (Fsp3) is 0.0909. The van der Waals surface area contributed by atoms with E-state index in [4.69, 9.17) is 11.6 Å². The zero-order valence-electron chi connectivity index (χ0n) is 10.3. The molecule has 0 atom stereocenters. The first-order valence-electron chi connectivity index (χ1n) is 5.40. The van der Waals surface area contributed by atoms with Crippen LogP contribution in [0.3, 0.4) is 0 Å². The maximum atomic E-state index is 12.2. The monoisotopic (exact) mass is 376 g/mol. The molecule has 20 heavy (non-hydrogen) atoms. The van der Waals surface area contributed by atoms with Crippen LogP contribution in [-0.4, -0.2) is 25.4 Å². The summed E-state index contributed by atoms with van der Waals surface area (Å²) in [5.74, 6) is 0.341. The quantitative estimate of drug-likeness (QED) is 0.856. The molecule has 106 valence electrons. The molecule has 0 unspecified atom stereocenters. The van der Waals surface area contributed by atoms with Gasteiger partial charge in [-0.25, -0.2) is 18.4 Å². The standard InChI is InChI=1S/C11H10BrClN4O2S/c1-14-11-15-5-8(6-16-11)20(18,19)17-10-4-7(13)2-3-9(10)12/h2-6,17H,1H3,(H,14,15,16). The van der Waals surface area contributed by atoms with Gasteiger partial charge in [0.15, 0.2) is 0 Å². The molecule has 0 saturated carbocycles. The van der Waals surface area contributed by atoms with Gasteiger partial charge in [0, 0.05) is 16.5 Å². The Kier molecular flexibility index (Phi) is 4.46. The van der Waals surface area contributed by atoms with E-state index in [-0.39, 0.29) is 4.90 Å². The Labute approximate surface area is 129 Å². The third kappa shape index (κ3) is 3.38. The van der Waals surface area contributed by atoms with Gasteiger partial charge >= 0.3 is 0 Å². The molecule has 6 nitrogen and oxygen atoms in total. The van der Waals surface area contributed by atoms with Crippen LogP contribution in [0.2, 0.25) is 5.02 Å². The lowest BCUT2D eigenvalue weighted by Gasteiger charge is -2.10. The van der Waals surface area contributed by atoms with E-state index in [1.165, 1.54) is 18.5 Å². The summed E-state index contributed by atoms with van der Waals surface area (Å²) in [7, 11) is -2.13. The summed E-state index contributed by atoms with van der Waals surface area (Å²) in [4.78, 5) is 7.69. The number of nitrogens with one attached hydrogen (secondary N) is 2. The van der Waals surface area contributed by atoms with Crippen LogP contribution >= 0.6 is 27.5 Å². The van der Waals surface area contributed by atoms with Gasteiger partial charge in [-0.1, -0.05) is 11.6 Å². The average molecular weight is 378 g/mol. The Hall–Kier alpha value is -1.38. The lowest BCUT2D eigenvalue weighted by Crippen LogP contribution is -2.14. The molecule has 0 saturated heterocycles. The maximum absolute atomic E-state index is 12.2. The van der Waals surface area contributed by atoms with Crippen molar-refractivity contribution in [2.75, 3.05) is 17.1 Å². The normalized spacial score (nSPS) is 11.2. The second kappa shape index (κ2) is 5.94. The highest BCUT2D eigenvalue weighted by molar-refractivity contribution is 9.10. The molecule has 0 aliphatic rings. The third-order valence-electron chi connectivity index (χ3n) is 2.33. The Morgan fingerprint density at radius 1 is 1.25 bits per heavy atom. The van der Waals surface area contributed by atoms with Crippen LogP contribution in [0.1, 0.15) is 0 Å². The van der Waals surface area contributed by atoms with E-state index in [9.17, 15) is 8.42 Å². The number of nitrogens with zero attached hydrogens (tertiary/aromatic N) is 2. The lowest BCUT2D eigenvalue weighted by molar-refractivity contribution is 0.600. The molecular formula is C11H10BrClN4O2S. The van der Waals surface area contributed by atoms with Gasteiger partial charge in [-0.15, -0.1) is 0 Å². The summed E-state index contributed by atoms with van der Waals surface area (Å²) in [6.45, 7) is 0. The minimum atomic E-state index is -3.77. The Bertz CT molecular complexity index is 722. The second-order valence-corrected chi connectivity index (χ2v) is 6.70. The average Bonchev–Trinajstić information content (AvgIpc) is 2.43. The largest absolute Gasteiger partial charge is 0.357 e. The maximum Gasteiger partial charge on any atom is 0.265 e. The van der Waals surface area contributed by atoms with Crippen LogP contribution in [0.15, 0.2) is 40.0 Å². The van der Waals surface area contributed by atoms with Gasteiger partial charge in [0.1, 0.15) is 4.90 Å². The molecule has 0 aliphatic heterocycles. The summed E-state index contributed by atoms with van der Waals surface area (Å²) in [6.07, 6.45) is 2.44. The molecule has 0 radical (unpaired) electrons. The SMILES string of the molecule is CNc1ncc(S(=O)(=O)Nc2cc(Cl)ccc2Br)cn1. The van der Waals surface area contributed by atoms with Crippen LogP contribution in [0, 0.1) is 0 Å². The third-order valence-corrected chi connectivity index (χ3v) is 4.58. The van der Waals surface area contributed by atoms with Crippen LogP contribution < -0.4 is 10.0 Å². The van der Waals surface area contributed by atoms with Gasteiger partial charge in [-0.05, 0) is 34.1 Å². The minimum Gasteiger partial charge on any atom is -0.357 e. The molecule has 1 aromatic heterocycles. The van der Waals surface area contributed by atoms with Crippen molar-refractivity contribution in [1.29, 1.82) is 0 Å². The summed E-state index contributed by atoms with van der Waals surface area (Å²) >= 11 is 9.09. The highest BCUT2D eigenvalue weighted by atomic mass is 79.9. The van der Waals surface area contributed by atoms with E-state index < -0.39 is 10.0 Å². The molecular weight excluding hydrogens is 368 g/mol. The van der Waals surface area contributed by atoms with Gasteiger partial charge in [0.05, 0.1) is 18.1 Å². The van der Waals surface area contributed by atoms with Crippen LogP contribution in [-0.2, 0) is 10.0 Å². The van der Waals surface area contributed by atoms with Crippen LogP contribution in [0.4, 0.5) is 11.6 Å². The van der Waals surface area contributed by atoms with E-state index >= 15 is 0 Å². The molecule has 0 spiro atoms. The predicted molar refractivity (Wildman–Crippen MR) is 81.5 cm³/mol.